The summed E-state index contributed by atoms with van der Waals surface area (Å²) >= 11 is 0. The molecule has 1 aromatic rings. The first-order valence-electron chi connectivity index (χ1n) is 6.66. The van der Waals surface area contributed by atoms with Crippen LogP contribution in [-0.4, -0.2) is 23.0 Å². The SMILES string of the molecule is CC(C(=O)N[C@H]1CC[C@@H](C(=O)O)C1)c1ccccc1. The van der Waals surface area contributed by atoms with Gasteiger partial charge in [0.15, 0.2) is 0 Å². The van der Waals surface area contributed by atoms with E-state index in [2.05, 4.69) is 5.32 Å². The minimum absolute atomic E-state index is 0.000220. The Kier molecular flexibility index (Phi) is 4.20. The van der Waals surface area contributed by atoms with Gasteiger partial charge in [-0.3, -0.25) is 9.59 Å². The van der Waals surface area contributed by atoms with Crippen LogP contribution in [0.5, 0.6) is 0 Å². The highest BCUT2D eigenvalue weighted by molar-refractivity contribution is 5.83. The van der Waals surface area contributed by atoms with E-state index >= 15 is 0 Å². The zero-order valence-electron chi connectivity index (χ0n) is 11.0. The first-order chi connectivity index (χ1) is 9.08. The molecule has 0 radical (unpaired) electrons. The summed E-state index contributed by atoms with van der Waals surface area (Å²) in [5, 5.41) is 11.9. The predicted molar refractivity (Wildman–Crippen MR) is 71.8 cm³/mol. The van der Waals surface area contributed by atoms with Gasteiger partial charge in [-0.15, -0.1) is 0 Å². The van der Waals surface area contributed by atoms with Gasteiger partial charge in [0.05, 0.1) is 11.8 Å². The molecule has 1 aliphatic rings. The maximum atomic E-state index is 12.1. The zero-order chi connectivity index (χ0) is 13.8. The van der Waals surface area contributed by atoms with Gasteiger partial charge in [-0.25, -0.2) is 0 Å². The van der Waals surface area contributed by atoms with Crippen LogP contribution in [-0.2, 0) is 9.59 Å². The fourth-order valence-electron chi connectivity index (χ4n) is 2.56. The van der Waals surface area contributed by atoms with Crippen molar-refractivity contribution in [1.82, 2.24) is 5.32 Å². The summed E-state index contributed by atoms with van der Waals surface area (Å²) in [5.41, 5.74) is 0.979. The summed E-state index contributed by atoms with van der Waals surface area (Å²) in [7, 11) is 0. The molecule has 19 heavy (non-hydrogen) atoms. The molecular weight excluding hydrogens is 242 g/mol. The van der Waals surface area contributed by atoms with Crippen molar-refractivity contribution in [3.63, 3.8) is 0 Å². The number of rotatable bonds is 4. The molecule has 0 bridgehead atoms. The van der Waals surface area contributed by atoms with Gasteiger partial charge in [0, 0.05) is 6.04 Å². The van der Waals surface area contributed by atoms with Crippen LogP contribution in [0.3, 0.4) is 0 Å². The molecule has 1 aromatic carbocycles. The summed E-state index contributed by atoms with van der Waals surface area (Å²) in [6.45, 7) is 1.87. The zero-order valence-corrected chi connectivity index (χ0v) is 11.0. The molecule has 4 nitrogen and oxygen atoms in total. The van der Waals surface area contributed by atoms with E-state index in [-0.39, 0.29) is 23.8 Å². The summed E-state index contributed by atoms with van der Waals surface area (Å²) in [5.74, 6) is -1.29. The second kappa shape index (κ2) is 5.87. The van der Waals surface area contributed by atoms with Crippen molar-refractivity contribution in [1.29, 1.82) is 0 Å². The average Bonchev–Trinajstić information content (AvgIpc) is 2.87. The van der Waals surface area contributed by atoms with Gasteiger partial charge in [0.1, 0.15) is 0 Å². The number of nitrogens with one attached hydrogen (secondary N) is 1. The Morgan fingerprint density at radius 1 is 1.26 bits per heavy atom. The molecule has 3 atom stereocenters. The maximum Gasteiger partial charge on any atom is 0.306 e. The van der Waals surface area contributed by atoms with Gasteiger partial charge in [-0.2, -0.15) is 0 Å². The number of amides is 1. The van der Waals surface area contributed by atoms with Gasteiger partial charge in [0.25, 0.3) is 0 Å². The molecule has 1 fully saturated rings. The molecule has 0 spiro atoms. The number of aliphatic carboxylic acids is 1. The number of carbonyl (C=O) groups excluding carboxylic acids is 1. The number of hydrogen-bond donors (Lipinski definition) is 2. The quantitative estimate of drug-likeness (QED) is 0.872. The molecule has 2 N–H and O–H groups in total. The lowest BCUT2D eigenvalue weighted by Crippen LogP contribution is -2.36. The average molecular weight is 261 g/mol. The number of benzene rings is 1. The lowest BCUT2D eigenvalue weighted by molar-refractivity contribution is -0.141. The number of carbonyl (C=O) groups is 2. The van der Waals surface area contributed by atoms with E-state index in [4.69, 9.17) is 5.11 Å². The van der Waals surface area contributed by atoms with Crippen molar-refractivity contribution in [2.45, 2.75) is 38.1 Å². The largest absolute Gasteiger partial charge is 0.481 e. The lowest BCUT2D eigenvalue weighted by Gasteiger charge is -2.17. The molecule has 4 heteroatoms. The van der Waals surface area contributed by atoms with E-state index < -0.39 is 5.97 Å². The van der Waals surface area contributed by atoms with Crippen LogP contribution in [0, 0.1) is 5.92 Å². The van der Waals surface area contributed by atoms with Crippen molar-refractivity contribution in [3.05, 3.63) is 35.9 Å². The van der Waals surface area contributed by atoms with Crippen molar-refractivity contribution in [2.24, 2.45) is 5.92 Å². The van der Waals surface area contributed by atoms with E-state index in [1.54, 1.807) is 0 Å². The molecule has 1 saturated carbocycles. The number of carboxylic acids is 1. The van der Waals surface area contributed by atoms with E-state index in [0.717, 1.165) is 12.0 Å². The summed E-state index contributed by atoms with van der Waals surface area (Å²) in [6.07, 6.45) is 1.95. The van der Waals surface area contributed by atoms with Crippen LogP contribution < -0.4 is 5.32 Å². The Morgan fingerprint density at radius 2 is 1.95 bits per heavy atom. The minimum Gasteiger partial charge on any atom is -0.481 e. The predicted octanol–water partition coefficient (Wildman–Crippen LogP) is 2.16. The number of carboxylic acid groups (broad SMARTS) is 1. The van der Waals surface area contributed by atoms with Crippen LogP contribution >= 0.6 is 0 Å². The van der Waals surface area contributed by atoms with Crippen LogP contribution in [0.2, 0.25) is 0 Å². The van der Waals surface area contributed by atoms with Gasteiger partial charge >= 0.3 is 5.97 Å². The third-order valence-corrected chi connectivity index (χ3v) is 3.82. The summed E-state index contributed by atoms with van der Waals surface area (Å²) in [4.78, 5) is 23.0. The molecule has 102 valence electrons. The van der Waals surface area contributed by atoms with E-state index in [9.17, 15) is 9.59 Å². The standard InChI is InChI=1S/C15H19NO3/c1-10(11-5-3-2-4-6-11)14(17)16-13-8-7-12(9-13)15(18)19/h2-6,10,12-13H,7-9H2,1H3,(H,16,17)(H,18,19)/t10?,12-,13+/m1/s1. The summed E-state index contributed by atoms with van der Waals surface area (Å²) in [6, 6.07) is 9.60. The molecular formula is C15H19NO3. The van der Waals surface area contributed by atoms with Crippen LogP contribution in [0.25, 0.3) is 0 Å². The van der Waals surface area contributed by atoms with E-state index in [1.807, 2.05) is 37.3 Å². The maximum absolute atomic E-state index is 12.1. The Morgan fingerprint density at radius 3 is 2.53 bits per heavy atom. The lowest BCUT2D eigenvalue weighted by atomic mass is 10.00. The molecule has 0 saturated heterocycles. The van der Waals surface area contributed by atoms with Crippen molar-refractivity contribution in [3.8, 4) is 0 Å². The summed E-state index contributed by atoms with van der Waals surface area (Å²) < 4.78 is 0. The molecule has 1 amide bonds. The van der Waals surface area contributed by atoms with Gasteiger partial charge in [0.2, 0.25) is 5.91 Å². The topological polar surface area (TPSA) is 66.4 Å². The van der Waals surface area contributed by atoms with Crippen LogP contribution in [0.1, 0.15) is 37.7 Å². The monoisotopic (exact) mass is 261 g/mol. The normalized spacial score (nSPS) is 23.8. The molecule has 0 aliphatic heterocycles. The van der Waals surface area contributed by atoms with Crippen molar-refractivity contribution in [2.75, 3.05) is 0 Å². The van der Waals surface area contributed by atoms with Crippen LogP contribution in [0.4, 0.5) is 0 Å². The molecule has 0 heterocycles. The second-order valence-electron chi connectivity index (χ2n) is 5.19. The van der Waals surface area contributed by atoms with E-state index in [1.165, 1.54) is 0 Å². The molecule has 0 aromatic heterocycles. The molecule has 2 rings (SSSR count). The van der Waals surface area contributed by atoms with Crippen LogP contribution in [0.15, 0.2) is 30.3 Å². The van der Waals surface area contributed by atoms with Gasteiger partial charge < -0.3 is 10.4 Å². The van der Waals surface area contributed by atoms with E-state index in [0.29, 0.717) is 12.8 Å². The van der Waals surface area contributed by atoms with Crippen molar-refractivity contribution >= 4 is 11.9 Å². The molecule has 1 unspecified atom stereocenters. The highest BCUT2D eigenvalue weighted by Crippen LogP contribution is 2.26. The second-order valence-corrected chi connectivity index (χ2v) is 5.19. The first kappa shape index (κ1) is 13.6. The van der Waals surface area contributed by atoms with Gasteiger partial charge in [-0.05, 0) is 31.7 Å². The van der Waals surface area contributed by atoms with Crippen molar-refractivity contribution < 1.29 is 14.7 Å². The Balaban J connectivity index is 1.90. The third-order valence-electron chi connectivity index (χ3n) is 3.82. The Hall–Kier alpha value is -1.84. The highest BCUT2D eigenvalue weighted by Gasteiger charge is 2.31. The highest BCUT2D eigenvalue weighted by atomic mass is 16.4. The first-order valence-corrected chi connectivity index (χ1v) is 6.66. The minimum atomic E-state index is -0.757. The third kappa shape index (κ3) is 3.34. The van der Waals surface area contributed by atoms with Gasteiger partial charge in [-0.1, -0.05) is 30.3 Å². The fraction of sp³-hybridized carbons (Fsp3) is 0.467. The molecule has 1 aliphatic carbocycles. The number of hydrogen-bond acceptors (Lipinski definition) is 2. The Bertz CT molecular complexity index is 458. The fourth-order valence-corrected chi connectivity index (χ4v) is 2.56. The Labute approximate surface area is 112 Å². The smallest absolute Gasteiger partial charge is 0.306 e.